The Morgan fingerprint density at radius 3 is 2.73 bits per heavy atom. The molecule has 2 rings (SSSR count). The van der Waals surface area contributed by atoms with E-state index in [9.17, 15) is 0 Å². The number of aryl methyl sites for hydroxylation is 1. The van der Waals surface area contributed by atoms with Gasteiger partial charge in [-0.3, -0.25) is 0 Å². The predicted molar refractivity (Wildman–Crippen MR) is 62.0 cm³/mol. The summed E-state index contributed by atoms with van der Waals surface area (Å²) in [6.45, 7) is 4.29. The van der Waals surface area contributed by atoms with Gasteiger partial charge >= 0.3 is 0 Å². The van der Waals surface area contributed by atoms with E-state index in [0.29, 0.717) is 6.04 Å². The van der Waals surface area contributed by atoms with Crippen LogP contribution in [-0.2, 0) is 12.8 Å². The van der Waals surface area contributed by atoms with Crippen LogP contribution in [0.15, 0.2) is 6.33 Å². The molecule has 3 nitrogen and oxygen atoms in total. The van der Waals surface area contributed by atoms with Gasteiger partial charge in [0.2, 0.25) is 0 Å². The maximum Gasteiger partial charge on any atom is 0.133 e. The van der Waals surface area contributed by atoms with Crippen LogP contribution in [0.1, 0.15) is 44.4 Å². The predicted octanol–water partition coefficient (Wildman–Crippen LogP) is 2.57. The minimum Gasteiger partial charge on any atom is -0.368 e. The molecule has 0 spiro atoms. The topological polar surface area (TPSA) is 37.8 Å². The van der Waals surface area contributed by atoms with Gasteiger partial charge in [-0.2, -0.15) is 0 Å². The SMILES string of the molecule is CC(C)Nc1ncnc2c1CCCCC2. The highest BCUT2D eigenvalue weighted by Crippen LogP contribution is 2.23. The lowest BCUT2D eigenvalue weighted by Gasteiger charge is -2.14. The summed E-state index contributed by atoms with van der Waals surface area (Å²) in [5, 5.41) is 3.41. The first kappa shape index (κ1) is 10.4. The van der Waals surface area contributed by atoms with Crippen LogP contribution in [-0.4, -0.2) is 16.0 Å². The lowest BCUT2D eigenvalue weighted by molar-refractivity contribution is 0.708. The maximum absolute atomic E-state index is 4.40. The molecular weight excluding hydrogens is 186 g/mol. The van der Waals surface area contributed by atoms with Crippen molar-refractivity contribution < 1.29 is 0 Å². The second-order valence-corrected chi connectivity index (χ2v) is 4.51. The number of nitrogens with one attached hydrogen (secondary N) is 1. The molecule has 15 heavy (non-hydrogen) atoms. The molecular formula is C12H19N3. The second-order valence-electron chi connectivity index (χ2n) is 4.51. The molecule has 0 aromatic carbocycles. The highest BCUT2D eigenvalue weighted by molar-refractivity contribution is 5.47. The summed E-state index contributed by atoms with van der Waals surface area (Å²) in [6, 6.07) is 0.437. The van der Waals surface area contributed by atoms with Crippen molar-refractivity contribution in [1.82, 2.24) is 9.97 Å². The Balaban J connectivity index is 2.30. The summed E-state index contributed by atoms with van der Waals surface area (Å²) in [5.74, 6) is 1.05. The standard InChI is InChI=1S/C12H19N3/c1-9(2)15-12-10-6-4-3-5-7-11(10)13-8-14-12/h8-9H,3-7H2,1-2H3,(H,13,14,15). The van der Waals surface area contributed by atoms with Crippen LogP contribution in [0.5, 0.6) is 0 Å². The normalized spacial score (nSPS) is 15.9. The van der Waals surface area contributed by atoms with Gasteiger partial charge in [0.15, 0.2) is 0 Å². The van der Waals surface area contributed by atoms with Gasteiger partial charge in [0, 0.05) is 17.3 Å². The number of rotatable bonds is 2. The summed E-state index contributed by atoms with van der Waals surface area (Å²) in [7, 11) is 0. The lowest BCUT2D eigenvalue weighted by Crippen LogP contribution is -2.14. The van der Waals surface area contributed by atoms with Gasteiger partial charge in [0.05, 0.1) is 0 Å². The molecule has 1 aromatic heterocycles. The molecule has 1 aliphatic rings. The van der Waals surface area contributed by atoms with Gasteiger partial charge in [-0.15, -0.1) is 0 Å². The Morgan fingerprint density at radius 2 is 1.93 bits per heavy atom. The van der Waals surface area contributed by atoms with Crippen LogP contribution in [0.2, 0.25) is 0 Å². The first-order valence-corrected chi connectivity index (χ1v) is 5.86. The highest BCUT2D eigenvalue weighted by Gasteiger charge is 2.14. The van der Waals surface area contributed by atoms with Crippen LogP contribution < -0.4 is 5.32 Å². The zero-order valence-electron chi connectivity index (χ0n) is 9.58. The van der Waals surface area contributed by atoms with Crippen molar-refractivity contribution in [2.45, 2.75) is 52.0 Å². The van der Waals surface area contributed by atoms with Crippen molar-refractivity contribution in [3.05, 3.63) is 17.6 Å². The Morgan fingerprint density at radius 1 is 1.13 bits per heavy atom. The smallest absolute Gasteiger partial charge is 0.133 e. The van der Waals surface area contributed by atoms with Crippen LogP contribution in [0, 0.1) is 0 Å². The molecule has 1 aromatic rings. The molecule has 0 unspecified atom stereocenters. The van der Waals surface area contributed by atoms with Gasteiger partial charge in [-0.05, 0) is 39.5 Å². The number of hydrogen-bond acceptors (Lipinski definition) is 3. The third-order valence-electron chi connectivity index (χ3n) is 2.80. The Labute approximate surface area is 91.3 Å². The van der Waals surface area contributed by atoms with E-state index in [-0.39, 0.29) is 0 Å². The molecule has 0 radical (unpaired) electrons. The van der Waals surface area contributed by atoms with Crippen molar-refractivity contribution in [3.63, 3.8) is 0 Å². The third kappa shape index (κ3) is 2.46. The van der Waals surface area contributed by atoms with Gasteiger partial charge in [-0.1, -0.05) is 6.42 Å². The van der Waals surface area contributed by atoms with Crippen molar-refractivity contribution in [3.8, 4) is 0 Å². The Hall–Kier alpha value is -1.12. The van der Waals surface area contributed by atoms with Gasteiger partial charge in [-0.25, -0.2) is 9.97 Å². The zero-order valence-corrected chi connectivity index (χ0v) is 9.58. The average Bonchev–Trinajstić information content (AvgIpc) is 2.42. The van der Waals surface area contributed by atoms with Crippen LogP contribution in [0.3, 0.4) is 0 Å². The fraction of sp³-hybridized carbons (Fsp3) is 0.667. The Bertz CT molecular complexity index is 334. The summed E-state index contributed by atoms with van der Waals surface area (Å²) in [4.78, 5) is 8.75. The number of aromatic nitrogens is 2. The quantitative estimate of drug-likeness (QED) is 0.754. The lowest BCUT2D eigenvalue weighted by atomic mass is 10.1. The Kier molecular flexibility index (Phi) is 3.19. The van der Waals surface area contributed by atoms with Crippen molar-refractivity contribution in [1.29, 1.82) is 0 Å². The molecule has 0 bridgehead atoms. The fourth-order valence-corrected chi connectivity index (χ4v) is 2.10. The van der Waals surface area contributed by atoms with E-state index in [1.54, 1.807) is 6.33 Å². The van der Waals surface area contributed by atoms with Crippen LogP contribution >= 0.6 is 0 Å². The third-order valence-corrected chi connectivity index (χ3v) is 2.80. The van der Waals surface area contributed by atoms with E-state index in [1.807, 2.05) is 0 Å². The monoisotopic (exact) mass is 205 g/mol. The van der Waals surface area contributed by atoms with Gasteiger partial charge in [0.25, 0.3) is 0 Å². The molecule has 0 saturated heterocycles. The molecule has 3 heteroatoms. The number of anilines is 1. The van der Waals surface area contributed by atoms with E-state index >= 15 is 0 Å². The molecule has 0 fully saturated rings. The second kappa shape index (κ2) is 4.60. The molecule has 0 saturated carbocycles. The summed E-state index contributed by atoms with van der Waals surface area (Å²) in [6.07, 6.45) is 7.79. The van der Waals surface area contributed by atoms with Crippen LogP contribution in [0.4, 0.5) is 5.82 Å². The zero-order chi connectivity index (χ0) is 10.7. The van der Waals surface area contributed by atoms with Gasteiger partial charge in [0.1, 0.15) is 12.1 Å². The fourth-order valence-electron chi connectivity index (χ4n) is 2.10. The molecule has 0 amide bonds. The minimum absolute atomic E-state index is 0.437. The average molecular weight is 205 g/mol. The largest absolute Gasteiger partial charge is 0.368 e. The molecule has 1 aliphatic carbocycles. The first-order chi connectivity index (χ1) is 7.27. The van der Waals surface area contributed by atoms with Gasteiger partial charge < -0.3 is 5.32 Å². The molecule has 0 atom stereocenters. The summed E-state index contributed by atoms with van der Waals surface area (Å²) >= 11 is 0. The number of fused-ring (bicyclic) bond motifs is 1. The number of hydrogen-bond donors (Lipinski definition) is 1. The maximum atomic E-state index is 4.40. The van der Waals surface area contributed by atoms with Crippen molar-refractivity contribution >= 4 is 5.82 Å². The minimum atomic E-state index is 0.437. The molecule has 82 valence electrons. The van der Waals surface area contributed by atoms with Crippen molar-refractivity contribution in [2.75, 3.05) is 5.32 Å². The van der Waals surface area contributed by atoms with E-state index < -0.39 is 0 Å². The van der Waals surface area contributed by atoms with E-state index in [0.717, 1.165) is 18.7 Å². The van der Waals surface area contributed by atoms with E-state index in [1.165, 1.54) is 30.5 Å². The molecule has 1 heterocycles. The van der Waals surface area contributed by atoms with E-state index in [4.69, 9.17) is 0 Å². The molecule has 0 aliphatic heterocycles. The van der Waals surface area contributed by atoms with E-state index in [2.05, 4.69) is 29.1 Å². The first-order valence-electron chi connectivity index (χ1n) is 5.86. The summed E-state index contributed by atoms with van der Waals surface area (Å²) in [5.41, 5.74) is 2.61. The highest BCUT2D eigenvalue weighted by atomic mass is 15.0. The molecule has 1 N–H and O–H groups in total. The number of nitrogens with zero attached hydrogens (tertiary/aromatic N) is 2. The summed E-state index contributed by atoms with van der Waals surface area (Å²) < 4.78 is 0. The van der Waals surface area contributed by atoms with Crippen molar-refractivity contribution in [2.24, 2.45) is 0 Å². The van der Waals surface area contributed by atoms with Crippen LogP contribution in [0.25, 0.3) is 0 Å².